The van der Waals surface area contributed by atoms with Crippen LogP contribution in [0.3, 0.4) is 0 Å². The Morgan fingerprint density at radius 2 is 2.45 bits per heavy atom. The van der Waals surface area contributed by atoms with Crippen LogP contribution in [0.4, 0.5) is 0 Å². The molecule has 0 spiro atoms. The maximum atomic E-state index is 4.15. The van der Waals surface area contributed by atoms with Crippen molar-refractivity contribution in [2.45, 2.75) is 13.3 Å². The van der Waals surface area contributed by atoms with Gasteiger partial charge in [0.15, 0.2) is 0 Å². The number of rotatable bonds is 1. The van der Waals surface area contributed by atoms with Gasteiger partial charge in [0.1, 0.15) is 6.33 Å². The molecule has 3 heteroatoms. The van der Waals surface area contributed by atoms with Crippen molar-refractivity contribution >= 4 is 21.6 Å². The molecule has 0 aliphatic heterocycles. The summed E-state index contributed by atoms with van der Waals surface area (Å²) in [6.07, 6.45) is 4.54. The van der Waals surface area contributed by atoms with Crippen molar-refractivity contribution in [1.82, 2.24) is 9.97 Å². The Bertz CT molecular complexity index is 334. The number of aromatic nitrogens is 2. The molecule has 2 nitrogen and oxygen atoms in total. The lowest BCUT2D eigenvalue weighted by Crippen LogP contribution is -1.72. The van der Waals surface area contributed by atoms with Crippen molar-refractivity contribution in [2.24, 2.45) is 0 Å². The molecule has 0 bridgehead atoms. The first-order valence-electron chi connectivity index (χ1n) is 3.58. The molecule has 2 heterocycles. The van der Waals surface area contributed by atoms with E-state index in [1.54, 1.807) is 17.7 Å². The van der Waals surface area contributed by atoms with E-state index in [1.807, 2.05) is 6.20 Å². The number of nitrogens with zero attached hydrogens (tertiary/aromatic N) is 2. The predicted molar refractivity (Wildman–Crippen MR) is 46.8 cm³/mol. The zero-order valence-electron chi connectivity index (χ0n) is 6.24. The van der Waals surface area contributed by atoms with Gasteiger partial charge in [0.2, 0.25) is 0 Å². The maximum absolute atomic E-state index is 4.15. The van der Waals surface area contributed by atoms with Gasteiger partial charge < -0.3 is 0 Å². The summed E-state index contributed by atoms with van der Waals surface area (Å²) < 4.78 is 1.18. The molecule has 0 aromatic carbocycles. The molecule has 0 fully saturated rings. The first kappa shape index (κ1) is 6.73. The van der Waals surface area contributed by atoms with E-state index < -0.39 is 0 Å². The van der Waals surface area contributed by atoms with Gasteiger partial charge in [-0.3, -0.25) is 0 Å². The number of fused-ring (bicyclic) bond motifs is 1. The Labute approximate surface area is 68.9 Å². The summed E-state index contributed by atoms with van der Waals surface area (Å²) in [6.45, 7) is 2.15. The first-order valence-corrected chi connectivity index (χ1v) is 4.40. The summed E-state index contributed by atoms with van der Waals surface area (Å²) in [6, 6.07) is 2.13. The summed E-state index contributed by atoms with van der Waals surface area (Å²) in [7, 11) is 0. The van der Waals surface area contributed by atoms with E-state index in [0.717, 1.165) is 11.9 Å². The van der Waals surface area contributed by atoms with Crippen LogP contribution >= 0.6 is 11.3 Å². The molecule has 2 aromatic heterocycles. The molecule has 0 unspecified atom stereocenters. The molecular weight excluding hydrogens is 156 g/mol. The van der Waals surface area contributed by atoms with Gasteiger partial charge in [0.05, 0.1) is 10.2 Å². The lowest BCUT2D eigenvalue weighted by atomic mass is 10.3. The fourth-order valence-corrected chi connectivity index (χ4v) is 1.94. The lowest BCUT2D eigenvalue weighted by molar-refractivity contribution is 1.18. The fourth-order valence-electron chi connectivity index (χ4n) is 1.01. The third-order valence-corrected chi connectivity index (χ3v) is 2.80. The average molecular weight is 164 g/mol. The van der Waals surface area contributed by atoms with Crippen LogP contribution in [-0.4, -0.2) is 9.97 Å². The SMILES string of the molecule is CCc1cc2ncncc2s1. The lowest BCUT2D eigenvalue weighted by Gasteiger charge is -1.81. The molecule has 0 N–H and O–H groups in total. The van der Waals surface area contributed by atoms with Crippen molar-refractivity contribution in [3.63, 3.8) is 0 Å². The van der Waals surface area contributed by atoms with Crippen molar-refractivity contribution in [3.8, 4) is 0 Å². The fraction of sp³-hybridized carbons (Fsp3) is 0.250. The molecule has 2 rings (SSSR count). The molecule has 0 amide bonds. The highest BCUT2D eigenvalue weighted by atomic mass is 32.1. The van der Waals surface area contributed by atoms with Crippen LogP contribution in [-0.2, 0) is 6.42 Å². The minimum absolute atomic E-state index is 1.07. The minimum atomic E-state index is 1.07. The minimum Gasteiger partial charge on any atom is -0.243 e. The van der Waals surface area contributed by atoms with Crippen LogP contribution in [0.15, 0.2) is 18.6 Å². The molecule has 11 heavy (non-hydrogen) atoms. The highest BCUT2D eigenvalue weighted by Gasteiger charge is 1.98. The van der Waals surface area contributed by atoms with Gasteiger partial charge in [-0.1, -0.05) is 6.92 Å². The third kappa shape index (κ3) is 1.12. The average Bonchev–Trinajstić information content (AvgIpc) is 2.46. The van der Waals surface area contributed by atoms with E-state index in [0.29, 0.717) is 0 Å². The number of thiophene rings is 1. The quantitative estimate of drug-likeness (QED) is 0.646. The summed E-state index contributed by atoms with van der Waals surface area (Å²) in [5.74, 6) is 0. The van der Waals surface area contributed by atoms with Crippen molar-refractivity contribution in [2.75, 3.05) is 0 Å². The summed E-state index contributed by atoms with van der Waals surface area (Å²) >= 11 is 1.77. The van der Waals surface area contributed by atoms with Crippen LogP contribution in [0.5, 0.6) is 0 Å². The van der Waals surface area contributed by atoms with E-state index in [9.17, 15) is 0 Å². The molecule has 0 aliphatic carbocycles. The topological polar surface area (TPSA) is 25.8 Å². The van der Waals surface area contributed by atoms with Gasteiger partial charge in [-0.25, -0.2) is 9.97 Å². The van der Waals surface area contributed by atoms with Gasteiger partial charge in [0, 0.05) is 11.1 Å². The second-order valence-electron chi connectivity index (χ2n) is 2.34. The van der Waals surface area contributed by atoms with E-state index in [4.69, 9.17) is 0 Å². The third-order valence-electron chi connectivity index (χ3n) is 1.59. The summed E-state index contributed by atoms with van der Waals surface area (Å²) in [4.78, 5) is 9.48. The Morgan fingerprint density at radius 3 is 3.18 bits per heavy atom. The maximum Gasteiger partial charge on any atom is 0.116 e. The highest BCUT2D eigenvalue weighted by molar-refractivity contribution is 7.18. The molecular formula is C8H8N2S. The first-order chi connectivity index (χ1) is 5.40. The predicted octanol–water partition coefficient (Wildman–Crippen LogP) is 2.25. The number of hydrogen-bond donors (Lipinski definition) is 0. The number of aryl methyl sites for hydroxylation is 1. The molecule has 0 atom stereocenters. The molecule has 0 radical (unpaired) electrons. The number of hydrogen-bond acceptors (Lipinski definition) is 3. The van der Waals surface area contributed by atoms with Gasteiger partial charge in [0.25, 0.3) is 0 Å². The standard InChI is InChI=1S/C8H8N2S/c1-2-6-3-7-8(11-6)4-9-5-10-7/h3-5H,2H2,1H3. The van der Waals surface area contributed by atoms with Crippen LogP contribution in [0.25, 0.3) is 10.2 Å². The molecule has 2 aromatic rings. The largest absolute Gasteiger partial charge is 0.243 e. The zero-order chi connectivity index (χ0) is 7.68. The van der Waals surface area contributed by atoms with E-state index in [2.05, 4.69) is 23.0 Å². The van der Waals surface area contributed by atoms with Gasteiger partial charge in [-0.15, -0.1) is 11.3 Å². The molecule has 0 saturated heterocycles. The second kappa shape index (κ2) is 2.58. The van der Waals surface area contributed by atoms with E-state index in [1.165, 1.54) is 9.58 Å². The smallest absolute Gasteiger partial charge is 0.116 e. The monoisotopic (exact) mass is 164 g/mol. The van der Waals surface area contributed by atoms with Crippen LogP contribution in [0.1, 0.15) is 11.8 Å². The van der Waals surface area contributed by atoms with Gasteiger partial charge in [-0.05, 0) is 12.5 Å². The van der Waals surface area contributed by atoms with Crippen molar-refractivity contribution in [1.29, 1.82) is 0 Å². The van der Waals surface area contributed by atoms with Gasteiger partial charge >= 0.3 is 0 Å². The second-order valence-corrected chi connectivity index (χ2v) is 3.51. The molecule has 0 saturated carbocycles. The summed E-state index contributed by atoms with van der Waals surface area (Å²) in [5.41, 5.74) is 1.07. The Hall–Kier alpha value is -0.960. The Kier molecular flexibility index (Phi) is 1.58. The normalized spacial score (nSPS) is 10.6. The van der Waals surface area contributed by atoms with E-state index >= 15 is 0 Å². The summed E-state index contributed by atoms with van der Waals surface area (Å²) in [5, 5.41) is 0. The molecule has 56 valence electrons. The van der Waals surface area contributed by atoms with Crippen molar-refractivity contribution < 1.29 is 0 Å². The highest BCUT2D eigenvalue weighted by Crippen LogP contribution is 2.22. The van der Waals surface area contributed by atoms with Crippen LogP contribution in [0.2, 0.25) is 0 Å². The van der Waals surface area contributed by atoms with E-state index in [-0.39, 0.29) is 0 Å². The van der Waals surface area contributed by atoms with Gasteiger partial charge in [-0.2, -0.15) is 0 Å². The molecule has 0 aliphatic rings. The van der Waals surface area contributed by atoms with Crippen LogP contribution < -0.4 is 0 Å². The van der Waals surface area contributed by atoms with Crippen molar-refractivity contribution in [3.05, 3.63) is 23.5 Å². The Balaban J connectivity index is 2.69. The van der Waals surface area contributed by atoms with Crippen LogP contribution in [0, 0.1) is 0 Å². The zero-order valence-corrected chi connectivity index (χ0v) is 7.06. The Morgan fingerprint density at radius 1 is 1.55 bits per heavy atom.